The van der Waals surface area contributed by atoms with Gasteiger partial charge in [-0.1, -0.05) is 37.1 Å². The minimum Gasteiger partial charge on any atom is -0.458 e. The number of ketones is 1. The number of allylic oxidation sites excluding steroid dienone is 3. The molecule has 0 radical (unpaired) electrons. The van der Waals surface area contributed by atoms with Crippen LogP contribution in [-0.2, 0) is 23.8 Å². The van der Waals surface area contributed by atoms with E-state index in [-0.39, 0.29) is 23.7 Å². The molecule has 5 aliphatic rings. The molecule has 5 rings (SSSR count). The highest BCUT2D eigenvalue weighted by molar-refractivity contribution is 5.91. The summed E-state index contributed by atoms with van der Waals surface area (Å²) in [5.41, 5.74) is 0.936. The molecule has 3 unspecified atom stereocenters. The van der Waals surface area contributed by atoms with Crippen LogP contribution < -0.4 is 0 Å². The lowest BCUT2D eigenvalue weighted by Gasteiger charge is -2.55. The molecule has 5 atom stereocenters. The first-order chi connectivity index (χ1) is 14.6. The summed E-state index contributed by atoms with van der Waals surface area (Å²) >= 11 is 0. The Morgan fingerprint density at radius 2 is 1.90 bits per heavy atom. The van der Waals surface area contributed by atoms with Crippen molar-refractivity contribution in [3.05, 3.63) is 23.3 Å². The Morgan fingerprint density at radius 1 is 1.16 bits per heavy atom. The number of carbonyl (C=O) groups excluding carboxylic acids is 2. The van der Waals surface area contributed by atoms with Crippen LogP contribution in [0.15, 0.2) is 23.3 Å². The number of Topliss-reactive ketones (excluding diaryl/α,β-unsaturated/α-hetero) is 1. The van der Waals surface area contributed by atoms with E-state index >= 15 is 0 Å². The molecule has 0 amide bonds. The summed E-state index contributed by atoms with van der Waals surface area (Å²) in [5, 5.41) is 11.5. The van der Waals surface area contributed by atoms with E-state index in [1.165, 1.54) is 18.1 Å². The summed E-state index contributed by atoms with van der Waals surface area (Å²) in [4.78, 5) is 24.1. The molecule has 2 saturated carbocycles. The highest BCUT2D eigenvalue weighted by atomic mass is 16.7. The summed E-state index contributed by atoms with van der Waals surface area (Å²) in [7, 11) is 0. The van der Waals surface area contributed by atoms with Crippen LogP contribution >= 0.6 is 0 Å². The zero-order valence-corrected chi connectivity index (χ0v) is 18.9. The molecule has 6 nitrogen and oxygen atoms in total. The third-order valence-electron chi connectivity index (χ3n) is 9.32. The van der Waals surface area contributed by atoms with Crippen LogP contribution in [0.5, 0.6) is 0 Å². The Kier molecular flexibility index (Phi) is 4.82. The number of rotatable bonds is 3. The Hall–Kier alpha value is -1.50. The summed E-state index contributed by atoms with van der Waals surface area (Å²) in [6.45, 7) is 6.70. The number of hydrogen-bond acceptors (Lipinski definition) is 6. The molecule has 0 aromatic rings. The van der Waals surface area contributed by atoms with Crippen molar-refractivity contribution in [1.82, 2.24) is 0 Å². The average molecular weight is 431 g/mol. The van der Waals surface area contributed by atoms with E-state index in [0.29, 0.717) is 32.0 Å². The van der Waals surface area contributed by atoms with E-state index in [0.717, 1.165) is 32.1 Å². The van der Waals surface area contributed by atoms with Crippen LogP contribution in [0, 0.1) is 22.7 Å². The fourth-order valence-corrected chi connectivity index (χ4v) is 7.42. The van der Waals surface area contributed by atoms with Crippen LogP contribution in [0.3, 0.4) is 0 Å². The lowest BCUT2D eigenvalue weighted by molar-refractivity contribution is -0.176. The SMILES string of the molecule is CC(=O)OCC(=O)[C@@]1(O)CCC2C3CC=C4CC5(CCC4(C)C3=CC[C@@]21C)OCCO5. The molecule has 1 heterocycles. The van der Waals surface area contributed by atoms with Gasteiger partial charge in [0.25, 0.3) is 0 Å². The standard InChI is InChI=1S/C25H34O6/c1-16(26)29-15-21(27)25(28)9-7-20-18-5-4-17-14-24(30-12-13-31-24)11-10-22(17,2)19(18)6-8-23(20,25)3/h4,6,18,20,28H,5,7-15H2,1-3H3/t18?,20?,22?,23-,25-/m0/s1. The molecule has 0 bridgehead atoms. The van der Waals surface area contributed by atoms with Crippen LogP contribution in [0.25, 0.3) is 0 Å². The first kappa shape index (κ1) is 21.4. The van der Waals surface area contributed by atoms with Crippen molar-refractivity contribution in [1.29, 1.82) is 0 Å². The van der Waals surface area contributed by atoms with Crippen LogP contribution in [0.2, 0.25) is 0 Å². The zero-order valence-electron chi connectivity index (χ0n) is 18.9. The lowest BCUT2D eigenvalue weighted by Crippen LogP contribution is -2.56. The second kappa shape index (κ2) is 7.00. The van der Waals surface area contributed by atoms with Crippen LogP contribution in [0.1, 0.15) is 65.7 Å². The Labute approximate surface area is 184 Å². The quantitative estimate of drug-likeness (QED) is 0.545. The van der Waals surface area contributed by atoms with Gasteiger partial charge in [0.15, 0.2) is 12.4 Å². The van der Waals surface area contributed by atoms with Crippen LogP contribution in [0.4, 0.5) is 0 Å². The minimum absolute atomic E-state index is 0.00720. The van der Waals surface area contributed by atoms with Gasteiger partial charge in [-0.05, 0) is 43.9 Å². The Bertz CT molecular complexity index is 867. The van der Waals surface area contributed by atoms with Gasteiger partial charge in [0.2, 0.25) is 5.78 Å². The zero-order chi connectivity index (χ0) is 22.1. The van der Waals surface area contributed by atoms with E-state index in [2.05, 4.69) is 26.0 Å². The topological polar surface area (TPSA) is 82.1 Å². The molecule has 0 aromatic heterocycles. The molecular formula is C25H34O6. The normalized spacial score (nSPS) is 42.8. The number of aliphatic hydroxyl groups is 1. The maximum Gasteiger partial charge on any atom is 0.303 e. The molecule has 0 aromatic carbocycles. The number of esters is 1. The summed E-state index contributed by atoms with van der Waals surface area (Å²) in [5.74, 6) is -0.715. The third-order valence-corrected chi connectivity index (χ3v) is 9.32. The van der Waals surface area contributed by atoms with E-state index in [1.54, 1.807) is 0 Å². The number of fused-ring (bicyclic) bond motifs is 5. The summed E-state index contributed by atoms with van der Waals surface area (Å²) in [6.07, 6.45) is 10.3. The number of carbonyl (C=O) groups is 2. The Balaban J connectivity index is 1.42. The van der Waals surface area contributed by atoms with E-state index in [1.807, 2.05) is 0 Å². The summed E-state index contributed by atoms with van der Waals surface area (Å²) < 4.78 is 17.0. The van der Waals surface area contributed by atoms with Gasteiger partial charge in [0, 0.05) is 30.6 Å². The first-order valence-corrected chi connectivity index (χ1v) is 11.7. The maximum absolute atomic E-state index is 12.9. The molecule has 1 spiro atoms. The average Bonchev–Trinajstić information content (AvgIpc) is 3.30. The molecular weight excluding hydrogens is 396 g/mol. The maximum atomic E-state index is 12.9. The van der Waals surface area contributed by atoms with Gasteiger partial charge in [-0.2, -0.15) is 0 Å². The fourth-order valence-electron chi connectivity index (χ4n) is 7.42. The van der Waals surface area contributed by atoms with Crippen molar-refractivity contribution >= 4 is 11.8 Å². The molecule has 1 N–H and O–H groups in total. The largest absolute Gasteiger partial charge is 0.458 e. The van der Waals surface area contributed by atoms with Crippen molar-refractivity contribution in [2.24, 2.45) is 22.7 Å². The van der Waals surface area contributed by atoms with Gasteiger partial charge < -0.3 is 19.3 Å². The van der Waals surface area contributed by atoms with Crippen molar-refractivity contribution < 1.29 is 28.9 Å². The van der Waals surface area contributed by atoms with Gasteiger partial charge in [-0.25, -0.2) is 0 Å². The monoisotopic (exact) mass is 430 g/mol. The molecule has 6 heteroatoms. The van der Waals surface area contributed by atoms with Gasteiger partial charge in [-0.15, -0.1) is 0 Å². The van der Waals surface area contributed by atoms with Crippen molar-refractivity contribution in [2.75, 3.05) is 19.8 Å². The molecule has 3 fully saturated rings. The molecule has 170 valence electrons. The summed E-state index contributed by atoms with van der Waals surface area (Å²) in [6, 6.07) is 0. The lowest BCUT2D eigenvalue weighted by atomic mass is 9.51. The Morgan fingerprint density at radius 3 is 2.61 bits per heavy atom. The number of hydrogen-bond donors (Lipinski definition) is 1. The van der Waals surface area contributed by atoms with E-state index in [9.17, 15) is 14.7 Å². The molecule has 31 heavy (non-hydrogen) atoms. The second-order valence-electron chi connectivity index (χ2n) is 10.7. The molecule has 1 aliphatic heterocycles. The van der Waals surface area contributed by atoms with Gasteiger partial charge in [0.1, 0.15) is 5.60 Å². The predicted molar refractivity (Wildman–Crippen MR) is 113 cm³/mol. The molecule has 4 aliphatic carbocycles. The smallest absolute Gasteiger partial charge is 0.303 e. The van der Waals surface area contributed by atoms with Gasteiger partial charge in [0.05, 0.1) is 13.2 Å². The van der Waals surface area contributed by atoms with Crippen molar-refractivity contribution in [2.45, 2.75) is 77.1 Å². The van der Waals surface area contributed by atoms with E-state index < -0.39 is 22.8 Å². The fraction of sp³-hybridized carbons (Fsp3) is 0.760. The van der Waals surface area contributed by atoms with E-state index in [4.69, 9.17) is 14.2 Å². The highest BCUT2D eigenvalue weighted by Gasteiger charge is 2.64. The number of ether oxygens (including phenoxy) is 3. The minimum atomic E-state index is -1.44. The van der Waals surface area contributed by atoms with Gasteiger partial charge >= 0.3 is 5.97 Å². The third kappa shape index (κ3) is 2.94. The first-order valence-electron chi connectivity index (χ1n) is 11.7. The van der Waals surface area contributed by atoms with Crippen LogP contribution in [-0.4, -0.2) is 48.1 Å². The van der Waals surface area contributed by atoms with Gasteiger partial charge in [-0.3, -0.25) is 9.59 Å². The predicted octanol–water partition coefficient (Wildman–Crippen LogP) is 3.48. The van der Waals surface area contributed by atoms with Crippen molar-refractivity contribution in [3.8, 4) is 0 Å². The molecule has 1 saturated heterocycles. The second-order valence-corrected chi connectivity index (χ2v) is 10.7. The highest BCUT2D eigenvalue weighted by Crippen LogP contribution is 2.66. The van der Waals surface area contributed by atoms with Crippen molar-refractivity contribution in [3.63, 3.8) is 0 Å².